The van der Waals surface area contributed by atoms with E-state index in [0.29, 0.717) is 6.54 Å². The summed E-state index contributed by atoms with van der Waals surface area (Å²) in [7, 11) is 1.67. The van der Waals surface area contributed by atoms with E-state index in [2.05, 4.69) is 25.8 Å². The maximum atomic E-state index is 12.1. The number of carboxylic acids is 1. The number of carboxylic acid groups (broad SMARTS) is 1. The zero-order chi connectivity index (χ0) is 24.6. The molecule has 0 saturated carbocycles. The minimum atomic E-state index is -4.17. The number of H-pyrrole nitrogens is 1. The van der Waals surface area contributed by atoms with Crippen LogP contribution in [-0.2, 0) is 0 Å². The molecule has 34 heavy (non-hydrogen) atoms. The number of aromatic amines is 1. The number of ether oxygens (including phenoxy) is 1. The van der Waals surface area contributed by atoms with E-state index in [1.807, 2.05) is 18.3 Å². The third-order valence-electron chi connectivity index (χ3n) is 5.10. The normalized spacial score (nSPS) is 10.9. The van der Waals surface area contributed by atoms with Crippen molar-refractivity contribution in [3.8, 4) is 5.75 Å². The van der Waals surface area contributed by atoms with Crippen LogP contribution in [0.1, 0.15) is 33.5 Å². The number of aromatic nitrogens is 1. The van der Waals surface area contributed by atoms with Crippen molar-refractivity contribution in [2.45, 2.75) is 19.5 Å². The molecule has 2 N–H and O–H groups in total. The number of nitrogens with one attached hydrogen (secondary N) is 1. The number of methoxy groups -OCH3 is 1. The second-order valence-corrected chi connectivity index (χ2v) is 7.44. The number of hydrogen-bond donors (Lipinski definition) is 2. The van der Waals surface area contributed by atoms with Crippen molar-refractivity contribution >= 4 is 16.9 Å². The molecule has 0 amide bonds. The third kappa shape index (κ3) is 8.60. The molecule has 3 aromatic rings. The number of nitrogens with zero attached hydrogens (tertiary/aromatic N) is 1. The van der Waals surface area contributed by atoms with Gasteiger partial charge in [-0.05, 0) is 30.7 Å². The first kappa shape index (κ1) is 29.4. The van der Waals surface area contributed by atoms with Crippen molar-refractivity contribution in [3.63, 3.8) is 0 Å². The van der Waals surface area contributed by atoms with Gasteiger partial charge in [0.05, 0.1) is 13.5 Å². The van der Waals surface area contributed by atoms with E-state index in [0.717, 1.165) is 27.8 Å². The quantitative estimate of drug-likeness (QED) is 0.394. The van der Waals surface area contributed by atoms with Crippen molar-refractivity contribution < 1.29 is 46.7 Å². The van der Waals surface area contributed by atoms with Gasteiger partial charge in [0.1, 0.15) is 0 Å². The molecule has 0 unspecified atom stereocenters. The average molecular weight is 468 g/mol. The van der Waals surface area contributed by atoms with Gasteiger partial charge in [-0.1, -0.05) is 17.5 Å². The summed E-state index contributed by atoms with van der Waals surface area (Å²) >= 11 is 0. The van der Waals surface area contributed by atoms with Crippen LogP contribution in [0.4, 0.5) is 13.2 Å². The van der Waals surface area contributed by atoms with Gasteiger partial charge >= 0.3 is 31.0 Å². The van der Waals surface area contributed by atoms with Gasteiger partial charge in [-0.25, -0.2) is 4.79 Å². The van der Waals surface area contributed by atoms with Crippen LogP contribution in [0.15, 0.2) is 42.6 Å². The largest absolute Gasteiger partial charge is 1.00 e. The van der Waals surface area contributed by atoms with Crippen LogP contribution in [0.25, 0.3) is 10.9 Å². The topological polar surface area (TPSA) is 65.6 Å². The summed E-state index contributed by atoms with van der Waals surface area (Å²) in [5.41, 5.74) is 4.22. The summed E-state index contributed by atoms with van der Waals surface area (Å²) in [5.74, 6) is -0.161. The smallest absolute Gasteiger partial charge is 0.554 e. The maximum absolute atomic E-state index is 12.1. The van der Waals surface area contributed by atoms with Crippen LogP contribution in [0.2, 0.25) is 0 Å². The van der Waals surface area contributed by atoms with E-state index in [1.54, 1.807) is 30.6 Å². The van der Waals surface area contributed by atoms with Crippen molar-refractivity contribution in [2.24, 2.45) is 0 Å². The van der Waals surface area contributed by atoms with E-state index in [-0.39, 0.29) is 37.5 Å². The van der Waals surface area contributed by atoms with Crippen molar-refractivity contribution in [1.82, 2.24) is 9.88 Å². The number of aryl methyl sites for hydroxylation is 1. The minimum Gasteiger partial charge on any atom is -0.554 e. The number of hydrogen-bond acceptors (Lipinski definition) is 3. The van der Waals surface area contributed by atoms with Gasteiger partial charge in [-0.3, -0.25) is 0 Å². The summed E-state index contributed by atoms with van der Waals surface area (Å²) in [5, 5.41) is 9.88. The monoisotopic (exact) mass is 468 g/mol. The zero-order valence-corrected chi connectivity index (χ0v) is 19.7. The fourth-order valence-corrected chi connectivity index (χ4v) is 3.19. The predicted octanol–water partition coefficient (Wildman–Crippen LogP) is 2.70. The standard InChI is InChI=1S/C14H16F3NO2.C11H12NO.Li/c1-2-18(10-8-14(15,16)17)9-7-11-3-5-12(6-4-11)13(19)20;1-7-6-10(13-3)8(2)9-4-5-12-11(7)9;/h3-7H,1-2,8-10H2,(H,19,20);4-6,12H,2H2,1,3H3;/q-2;-1;+1. The van der Waals surface area contributed by atoms with Crippen LogP contribution in [0, 0.1) is 27.2 Å². The Bertz CT molecular complexity index is 1050. The molecule has 0 aliphatic heterocycles. The molecule has 1 heterocycles. The van der Waals surface area contributed by atoms with Crippen molar-refractivity contribution in [2.75, 3.05) is 26.7 Å². The second kappa shape index (κ2) is 13.3. The third-order valence-corrected chi connectivity index (χ3v) is 5.10. The van der Waals surface area contributed by atoms with Gasteiger partial charge in [-0.15, -0.1) is 24.2 Å². The molecule has 1 aromatic heterocycles. The molecule has 2 aromatic carbocycles. The number of carbonyl (C=O) groups is 1. The van der Waals surface area contributed by atoms with E-state index in [1.165, 1.54) is 17.7 Å². The fourth-order valence-electron chi connectivity index (χ4n) is 3.19. The first-order chi connectivity index (χ1) is 15.6. The van der Waals surface area contributed by atoms with Crippen LogP contribution in [0.3, 0.4) is 0 Å². The molecule has 9 heteroatoms. The first-order valence-electron chi connectivity index (χ1n) is 10.3. The average Bonchev–Trinajstić information content (AvgIpc) is 3.27. The minimum absolute atomic E-state index is 0. The molecule has 180 valence electrons. The van der Waals surface area contributed by atoms with Gasteiger partial charge in [0, 0.05) is 17.9 Å². The van der Waals surface area contributed by atoms with Crippen LogP contribution in [-0.4, -0.2) is 53.9 Å². The summed E-state index contributed by atoms with van der Waals surface area (Å²) < 4.78 is 41.6. The Morgan fingerprint density at radius 1 is 1.24 bits per heavy atom. The van der Waals surface area contributed by atoms with Crippen molar-refractivity contribution in [1.29, 1.82) is 0 Å². The molecular weight excluding hydrogens is 440 g/mol. The number of aromatic carboxylic acids is 1. The molecule has 0 saturated heterocycles. The Balaban J connectivity index is 0.000000356. The Hall–Kier alpha value is -2.66. The molecule has 5 nitrogen and oxygen atoms in total. The second-order valence-electron chi connectivity index (χ2n) is 7.44. The molecule has 0 aliphatic carbocycles. The van der Waals surface area contributed by atoms with E-state index >= 15 is 0 Å². The Labute approximate surface area is 210 Å². The molecule has 3 rings (SSSR count). The zero-order valence-electron chi connectivity index (χ0n) is 19.7. The number of fused-ring (bicyclic) bond motifs is 1. The summed E-state index contributed by atoms with van der Waals surface area (Å²) in [6.45, 7) is 10.2. The molecule has 0 radical (unpaired) electrons. The molecule has 0 fully saturated rings. The molecule has 0 atom stereocenters. The predicted molar refractivity (Wildman–Crippen MR) is 123 cm³/mol. The summed E-state index contributed by atoms with van der Waals surface area (Å²) in [6.07, 6.45) is -1.37. The Morgan fingerprint density at radius 2 is 1.88 bits per heavy atom. The SMILES string of the molecule is [CH2-]CN(C[CH-]c1ccc(C(=O)O)cc1)CCC(F)(F)F.[CH2-]c1c(OC)cc(C)c2[nH]ccc12.[Li+]. The number of alkyl halides is 3. The van der Waals surface area contributed by atoms with E-state index in [4.69, 9.17) is 9.84 Å². The van der Waals surface area contributed by atoms with Crippen molar-refractivity contribution in [3.05, 3.63) is 85.1 Å². The number of halogens is 3. The summed E-state index contributed by atoms with van der Waals surface area (Å²) in [6, 6.07) is 10.2. The maximum Gasteiger partial charge on any atom is 1.00 e. The van der Waals surface area contributed by atoms with Gasteiger partial charge in [0.25, 0.3) is 0 Å². The van der Waals surface area contributed by atoms with Gasteiger partial charge < -0.3 is 26.7 Å². The van der Waals surface area contributed by atoms with E-state index in [9.17, 15) is 18.0 Å². The Morgan fingerprint density at radius 3 is 2.41 bits per heavy atom. The fraction of sp³-hybridized carbons (Fsp3) is 0.280. The van der Waals surface area contributed by atoms with Crippen LogP contribution >= 0.6 is 0 Å². The van der Waals surface area contributed by atoms with Gasteiger partial charge in [0.15, 0.2) is 0 Å². The number of rotatable bonds is 8. The molecule has 0 bridgehead atoms. The molecule has 0 spiro atoms. The molecular formula is C25H28F3LiN2O3-2. The van der Waals surface area contributed by atoms with Crippen LogP contribution < -0.4 is 23.6 Å². The first-order valence-corrected chi connectivity index (χ1v) is 10.3. The Kier molecular flexibility index (Phi) is 11.5. The van der Waals surface area contributed by atoms with E-state index < -0.39 is 18.6 Å². The summed E-state index contributed by atoms with van der Waals surface area (Å²) in [4.78, 5) is 15.4. The van der Waals surface area contributed by atoms with Gasteiger partial charge in [0.2, 0.25) is 0 Å². The molecule has 0 aliphatic rings. The van der Waals surface area contributed by atoms with Gasteiger partial charge in [-0.2, -0.15) is 44.2 Å². The van der Waals surface area contributed by atoms with Crippen LogP contribution in [0.5, 0.6) is 5.75 Å². The number of benzene rings is 2.